The van der Waals surface area contributed by atoms with Gasteiger partial charge in [0, 0.05) is 32.6 Å². The second-order valence-electron chi connectivity index (χ2n) is 4.10. The molecule has 0 amide bonds. The number of carbonyl (C=O) groups excluding carboxylic acids is 1. The summed E-state index contributed by atoms with van der Waals surface area (Å²) in [4.78, 5) is 13.2. The van der Waals surface area contributed by atoms with Crippen LogP contribution in [-0.4, -0.2) is 43.4 Å². The monoisotopic (exact) mass is 198 g/mol. The van der Waals surface area contributed by atoms with Crippen LogP contribution in [0, 0.1) is 0 Å². The molecule has 1 aliphatic rings. The van der Waals surface area contributed by atoms with Crippen molar-refractivity contribution in [1.29, 1.82) is 0 Å². The molecule has 0 saturated carbocycles. The summed E-state index contributed by atoms with van der Waals surface area (Å²) in [5.41, 5.74) is 0. The highest BCUT2D eigenvalue weighted by Crippen LogP contribution is 2.03. The first-order valence-corrected chi connectivity index (χ1v) is 5.71. The summed E-state index contributed by atoms with van der Waals surface area (Å²) in [6, 6.07) is 0. The highest BCUT2D eigenvalue weighted by molar-refractivity contribution is 5.75. The zero-order valence-electron chi connectivity index (χ0n) is 9.22. The quantitative estimate of drug-likeness (QED) is 0.647. The van der Waals surface area contributed by atoms with Crippen LogP contribution in [0.25, 0.3) is 0 Å². The highest BCUT2D eigenvalue weighted by Gasteiger charge is 2.07. The van der Waals surface area contributed by atoms with Crippen LogP contribution in [0.1, 0.15) is 32.6 Å². The number of Topliss-reactive ketones (excluding diaryl/α,β-unsaturated/α-hetero) is 1. The molecule has 1 saturated heterocycles. The normalized spacial score (nSPS) is 18.4. The Hall–Kier alpha value is -0.410. The first kappa shape index (κ1) is 11.7. The van der Waals surface area contributed by atoms with Crippen LogP contribution < -0.4 is 5.32 Å². The van der Waals surface area contributed by atoms with Gasteiger partial charge >= 0.3 is 0 Å². The zero-order chi connectivity index (χ0) is 10.2. The lowest BCUT2D eigenvalue weighted by molar-refractivity contribution is -0.117. The van der Waals surface area contributed by atoms with E-state index in [1.165, 1.54) is 32.5 Å². The van der Waals surface area contributed by atoms with Crippen LogP contribution in [0.3, 0.4) is 0 Å². The molecule has 0 radical (unpaired) electrons. The minimum atomic E-state index is 0.326. The summed E-state index contributed by atoms with van der Waals surface area (Å²) in [5.74, 6) is 0.326. The van der Waals surface area contributed by atoms with E-state index in [4.69, 9.17) is 0 Å². The Balaban J connectivity index is 1.90. The lowest BCUT2D eigenvalue weighted by Gasteiger charge is -2.26. The van der Waals surface area contributed by atoms with Gasteiger partial charge in [-0.15, -0.1) is 0 Å². The van der Waals surface area contributed by atoms with Crippen molar-refractivity contribution in [2.75, 3.05) is 32.7 Å². The first-order chi connectivity index (χ1) is 6.79. The molecule has 0 bridgehead atoms. The van der Waals surface area contributed by atoms with Gasteiger partial charge in [-0.25, -0.2) is 0 Å². The molecule has 1 heterocycles. The minimum Gasteiger partial charge on any atom is -0.314 e. The van der Waals surface area contributed by atoms with Gasteiger partial charge in [0.1, 0.15) is 5.78 Å². The van der Waals surface area contributed by atoms with Crippen molar-refractivity contribution in [1.82, 2.24) is 10.2 Å². The van der Waals surface area contributed by atoms with Crippen molar-refractivity contribution in [3.05, 3.63) is 0 Å². The van der Waals surface area contributed by atoms with Gasteiger partial charge in [-0.1, -0.05) is 6.42 Å². The molecule has 3 nitrogen and oxygen atoms in total. The molecule has 1 N–H and O–H groups in total. The maximum Gasteiger partial charge on any atom is 0.129 e. The summed E-state index contributed by atoms with van der Waals surface area (Å²) in [6.45, 7) is 7.52. The number of hydrogen-bond donors (Lipinski definition) is 1. The Morgan fingerprint density at radius 3 is 2.57 bits per heavy atom. The summed E-state index contributed by atoms with van der Waals surface area (Å²) >= 11 is 0. The van der Waals surface area contributed by atoms with E-state index in [2.05, 4.69) is 10.2 Å². The zero-order valence-corrected chi connectivity index (χ0v) is 9.22. The maximum atomic E-state index is 10.7. The summed E-state index contributed by atoms with van der Waals surface area (Å²) in [5, 5.41) is 3.34. The molecular formula is C11H22N2O. The highest BCUT2D eigenvalue weighted by atomic mass is 16.1. The molecule has 14 heavy (non-hydrogen) atoms. The van der Waals surface area contributed by atoms with Gasteiger partial charge in [0.05, 0.1) is 0 Å². The fourth-order valence-electron chi connectivity index (χ4n) is 1.82. The van der Waals surface area contributed by atoms with Crippen molar-refractivity contribution in [3.63, 3.8) is 0 Å². The van der Waals surface area contributed by atoms with Crippen LogP contribution in [-0.2, 0) is 4.79 Å². The van der Waals surface area contributed by atoms with Gasteiger partial charge in [0.25, 0.3) is 0 Å². The van der Waals surface area contributed by atoms with Crippen LogP contribution >= 0.6 is 0 Å². The smallest absolute Gasteiger partial charge is 0.129 e. The lowest BCUT2D eigenvalue weighted by Crippen LogP contribution is -2.43. The molecule has 1 fully saturated rings. The molecule has 0 spiro atoms. The van der Waals surface area contributed by atoms with E-state index in [1.807, 2.05) is 0 Å². The van der Waals surface area contributed by atoms with Gasteiger partial charge in [-0.05, 0) is 26.3 Å². The molecule has 0 unspecified atom stereocenters. The van der Waals surface area contributed by atoms with E-state index in [9.17, 15) is 4.79 Å². The topological polar surface area (TPSA) is 32.3 Å². The number of nitrogens with zero attached hydrogens (tertiary/aromatic N) is 1. The SMILES string of the molecule is CC(=O)CCCCCN1CCNCC1. The molecular weight excluding hydrogens is 176 g/mol. The molecule has 0 aromatic carbocycles. The average Bonchev–Trinajstić information content (AvgIpc) is 2.18. The minimum absolute atomic E-state index is 0.326. The predicted octanol–water partition coefficient (Wildman–Crippen LogP) is 1.04. The standard InChI is InChI=1S/C11H22N2O/c1-11(14)5-3-2-4-8-13-9-6-12-7-10-13/h12H,2-10H2,1H3. The maximum absolute atomic E-state index is 10.7. The third kappa shape index (κ3) is 5.35. The molecule has 0 atom stereocenters. The summed E-state index contributed by atoms with van der Waals surface area (Å²) in [6.07, 6.45) is 4.28. The summed E-state index contributed by atoms with van der Waals surface area (Å²) < 4.78 is 0. The van der Waals surface area contributed by atoms with Gasteiger partial charge < -0.3 is 15.0 Å². The van der Waals surface area contributed by atoms with Crippen molar-refractivity contribution in [3.8, 4) is 0 Å². The van der Waals surface area contributed by atoms with Crippen LogP contribution in [0.2, 0.25) is 0 Å². The van der Waals surface area contributed by atoms with E-state index >= 15 is 0 Å². The van der Waals surface area contributed by atoms with Crippen LogP contribution in [0.5, 0.6) is 0 Å². The number of nitrogens with one attached hydrogen (secondary N) is 1. The number of piperazine rings is 1. The number of carbonyl (C=O) groups is 1. The van der Waals surface area contributed by atoms with E-state index < -0.39 is 0 Å². The van der Waals surface area contributed by atoms with Crippen molar-refractivity contribution >= 4 is 5.78 Å². The van der Waals surface area contributed by atoms with Gasteiger partial charge in [0.2, 0.25) is 0 Å². The Morgan fingerprint density at radius 2 is 1.93 bits per heavy atom. The number of hydrogen-bond acceptors (Lipinski definition) is 3. The van der Waals surface area contributed by atoms with Crippen molar-refractivity contribution < 1.29 is 4.79 Å². The van der Waals surface area contributed by atoms with Crippen molar-refractivity contribution in [2.24, 2.45) is 0 Å². The second-order valence-corrected chi connectivity index (χ2v) is 4.10. The lowest BCUT2D eigenvalue weighted by atomic mass is 10.1. The van der Waals surface area contributed by atoms with E-state index in [1.54, 1.807) is 6.92 Å². The second kappa shape index (κ2) is 6.96. The fourth-order valence-corrected chi connectivity index (χ4v) is 1.82. The predicted molar refractivity (Wildman–Crippen MR) is 58.5 cm³/mol. The van der Waals surface area contributed by atoms with Crippen LogP contribution in [0.15, 0.2) is 0 Å². The molecule has 1 rings (SSSR count). The van der Waals surface area contributed by atoms with Gasteiger partial charge in [-0.2, -0.15) is 0 Å². The van der Waals surface area contributed by atoms with E-state index in [0.29, 0.717) is 5.78 Å². The molecule has 0 aliphatic carbocycles. The first-order valence-electron chi connectivity index (χ1n) is 5.71. The van der Waals surface area contributed by atoms with E-state index in [-0.39, 0.29) is 0 Å². The number of ketones is 1. The fraction of sp³-hybridized carbons (Fsp3) is 0.909. The third-order valence-corrected chi connectivity index (χ3v) is 2.71. The Labute approximate surface area is 86.9 Å². The van der Waals surface area contributed by atoms with Gasteiger partial charge in [0.15, 0.2) is 0 Å². The Kier molecular flexibility index (Phi) is 5.80. The average molecular weight is 198 g/mol. The number of rotatable bonds is 6. The third-order valence-electron chi connectivity index (χ3n) is 2.71. The van der Waals surface area contributed by atoms with E-state index in [0.717, 1.165) is 25.9 Å². The van der Waals surface area contributed by atoms with Crippen molar-refractivity contribution in [2.45, 2.75) is 32.6 Å². The molecule has 0 aromatic heterocycles. The van der Waals surface area contributed by atoms with Gasteiger partial charge in [-0.3, -0.25) is 0 Å². The largest absolute Gasteiger partial charge is 0.314 e. The Bertz CT molecular complexity index is 165. The Morgan fingerprint density at radius 1 is 1.21 bits per heavy atom. The van der Waals surface area contributed by atoms with Crippen LogP contribution in [0.4, 0.5) is 0 Å². The summed E-state index contributed by atoms with van der Waals surface area (Å²) in [7, 11) is 0. The molecule has 3 heteroatoms. The molecule has 0 aromatic rings. The molecule has 82 valence electrons. The molecule has 1 aliphatic heterocycles. The number of unbranched alkanes of at least 4 members (excludes halogenated alkanes) is 2.